The highest BCUT2D eigenvalue weighted by atomic mass is 16.3. The van der Waals surface area contributed by atoms with E-state index in [2.05, 4.69) is 32.0 Å². The first-order valence-corrected chi connectivity index (χ1v) is 5.38. The fraction of sp³-hybridized carbons (Fsp3) is 0.538. The van der Waals surface area contributed by atoms with Crippen molar-refractivity contribution >= 4 is 0 Å². The van der Waals surface area contributed by atoms with Gasteiger partial charge in [-0.05, 0) is 43.6 Å². The van der Waals surface area contributed by atoms with Crippen molar-refractivity contribution < 1.29 is 5.11 Å². The number of hydrogen-bond donors (Lipinski definition) is 1. The van der Waals surface area contributed by atoms with Gasteiger partial charge < -0.3 is 5.11 Å². The molecule has 1 rings (SSSR count). The van der Waals surface area contributed by atoms with Gasteiger partial charge in [-0.25, -0.2) is 0 Å². The Morgan fingerprint density at radius 2 is 1.80 bits per heavy atom. The van der Waals surface area contributed by atoms with Gasteiger partial charge in [0.2, 0.25) is 0 Å². The lowest BCUT2D eigenvalue weighted by atomic mass is 9.97. The first kappa shape index (κ1) is 12.2. The highest BCUT2D eigenvalue weighted by Gasteiger charge is 2.13. The summed E-state index contributed by atoms with van der Waals surface area (Å²) in [6, 6.07) is 6.31. The minimum Gasteiger partial charge on any atom is -0.374 e. The Bertz CT molecular complexity index is 331. The molecule has 0 aromatic heterocycles. The molecular weight excluding hydrogens is 186 g/mol. The second-order valence-electron chi connectivity index (χ2n) is 4.61. The van der Waals surface area contributed by atoms with E-state index in [-0.39, 0.29) is 0 Å². The minimum atomic E-state index is -0.510. The van der Waals surface area contributed by atoms with E-state index in [1.165, 1.54) is 5.56 Å². The summed E-state index contributed by atoms with van der Waals surface area (Å²) in [6.45, 7) is 6.36. The Morgan fingerprint density at radius 3 is 2.27 bits per heavy atom. The predicted octanol–water partition coefficient (Wildman–Crippen LogP) is 2.67. The summed E-state index contributed by atoms with van der Waals surface area (Å²) < 4.78 is 0. The number of aliphatic hydroxyl groups is 1. The van der Waals surface area contributed by atoms with E-state index in [4.69, 9.17) is 0 Å². The standard InChI is InChI=1S/C13H21NO/c1-9(2)11-7-6-10(3)12(8-11)13(15)14(4)5/h6-9,13,15H,1-5H3. The van der Waals surface area contributed by atoms with Crippen molar-refractivity contribution in [3.05, 3.63) is 34.9 Å². The Hall–Kier alpha value is -0.860. The lowest BCUT2D eigenvalue weighted by molar-refractivity contribution is 0.0389. The third kappa shape index (κ3) is 2.80. The molecule has 0 aliphatic rings. The fourth-order valence-corrected chi connectivity index (χ4v) is 1.57. The Kier molecular flexibility index (Phi) is 3.89. The normalized spacial score (nSPS) is 13.6. The third-order valence-corrected chi connectivity index (χ3v) is 2.74. The van der Waals surface area contributed by atoms with Crippen LogP contribution in [0.1, 0.15) is 42.7 Å². The molecule has 2 heteroatoms. The minimum absolute atomic E-state index is 0.499. The maximum Gasteiger partial charge on any atom is 0.133 e. The van der Waals surface area contributed by atoms with Crippen LogP contribution in [0.5, 0.6) is 0 Å². The number of benzene rings is 1. The van der Waals surface area contributed by atoms with Gasteiger partial charge in [0.1, 0.15) is 6.23 Å². The van der Waals surface area contributed by atoms with Crippen LogP contribution in [0, 0.1) is 6.92 Å². The van der Waals surface area contributed by atoms with E-state index in [1.807, 2.05) is 25.9 Å². The molecule has 84 valence electrons. The summed E-state index contributed by atoms with van der Waals surface area (Å²) in [7, 11) is 3.76. The van der Waals surface area contributed by atoms with Crippen molar-refractivity contribution in [2.45, 2.75) is 32.9 Å². The number of rotatable bonds is 3. The fourth-order valence-electron chi connectivity index (χ4n) is 1.57. The van der Waals surface area contributed by atoms with Crippen LogP contribution < -0.4 is 0 Å². The van der Waals surface area contributed by atoms with E-state index >= 15 is 0 Å². The second kappa shape index (κ2) is 4.77. The molecule has 1 aromatic carbocycles. The van der Waals surface area contributed by atoms with E-state index in [0.29, 0.717) is 5.92 Å². The topological polar surface area (TPSA) is 23.5 Å². The van der Waals surface area contributed by atoms with Crippen molar-refractivity contribution in [1.82, 2.24) is 4.90 Å². The van der Waals surface area contributed by atoms with Crippen LogP contribution in [0.15, 0.2) is 18.2 Å². The van der Waals surface area contributed by atoms with Gasteiger partial charge in [0.05, 0.1) is 0 Å². The SMILES string of the molecule is Cc1ccc(C(C)C)cc1C(O)N(C)C. The molecule has 1 aromatic rings. The molecule has 0 aliphatic carbocycles. The van der Waals surface area contributed by atoms with Gasteiger partial charge >= 0.3 is 0 Å². The molecule has 0 radical (unpaired) electrons. The van der Waals surface area contributed by atoms with Crippen LogP contribution in [-0.4, -0.2) is 24.1 Å². The van der Waals surface area contributed by atoms with E-state index in [0.717, 1.165) is 11.1 Å². The number of aryl methyl sites for hydroxylation is 1. The summed E-state index contributed by atoms with van der Waals surface area (Å²) in [4.78, 5) is 1.81. The molecule has 0 saturated heterocycles. The van der Waals surface area contributed by atoms with E-state index in [1.54, 1.807) is 0 Å². The zero-order valence-electron chi connectivity index (χ0n) is 10.3. The predicted molar refractivity (Wildman–Crippen MR) is 63.9 cm³/mol. The molecule has 0 saturated carbocycles. The van der Waals surface area contributed by atoms with Crippen LogP contribution >= 0.6 is 0 Å². The highest BCUT2D eigenvalue weighted by molar-refractivity contribution is 5.33. The van der Waals surface area contributed by atoms with Gasteiger partial charge in [0.15, 0.2) is 0 Å². The number of aliphatic hydroxyl groups excluding tert-OH is 1. The lowest BCUT2D eigenvalue weighted by Crippen LogP contribution is -2.20. The number of hydrogen-bond acceptors (Lipinski definition) is 2. The average molecular weight is 207 g/mol. The van der Waals surface area contributed by atoms with Gasteiger partial charge in [0, 0.05) is 0 Å². The zero-order valence-corrected chi connectivity index (χ0v) is 10.3. The Labute approximate surface area is 92.5 Å². The smallest absolute Gasteiger partial charge is 0.133 e. The van der Waals surface area contributed by atoms with Gasteiger partial charge in [-0.2, -0.15) is 0 Å². The van der Waals surface area contributed by atoms with Crippen molar-refractivity contribution in [3.63, 3.8) is 0 Å². The summed E-state index contributed by atoms with van der Waals surface area (Å²) in [6.07, 6.45) is -0.510. The van der Waals surface area contributed by atoms with Crippen LogP contribution in [-0.2, 0) is 0 Å². The van der Waals surface area contributed by atoms with Crippen molar-refractivity contribution in [1.29, 1.82) is 0 Å². The van der Waals surface area contributed by atoms with Crippen LogP contribution in [0.2, 0.25) is 0 Å². The highest BCUT2D eigenvalue weighted by Crippen LogP contribution is 2.24. The lowest BCUT2D eigenvalue weighted by Gasteiger charge is -2.22. The van der Waals surface area contributed by atoms with Crippen LogP contribution in [0.4, 0.5) is 0 Å². The quantitative estimate of drug-likeness (QED) is 0.770. The third-order valence-electron chi connectivity index (χ3n) is 2.74. The van der Waals surface area contributed by atoms with E-state index in [9.17, 15) is 5.11 Å². The maximum absolute atomic E-state index is 10.0. The molecule has 1 unspecified atom stereocenters. The van der Waals surface area contributed by atoms with Crippen molar-refractivity contribution in [2.24, 2.45) is 0 Å². The molecule has 2 nitrogen and oxygen atoms in total. The second-order valence-corrected chi connectivity index (χ2v) is 4.61. The monoisotopic (exact) mass is 207 g/mol. The van der Waals surface area contributed by atoms with Gasteiger partial charge in [-0.15, -0.1) is 0 Å². The molecule has 1 N–H and O–H groups in total. The van der Waals surface area contributed by atoms with Gasteiger partial charge in [-0.1, -0.05) is 32.0 Å². The molecule has 0 spiro atoms. The molecule has 0 amide bonds. The van der Waals surface area contributed by atoms with Gasteiger partial charge in [0.25, 0.3) is 0 Å². The first-order chi connectivity index (χ1) is 6.93. The van der Waals surface area contributed by atoms with E-state index < -0.39 is 6.23 Å². The summed E-state index contributed by atoms with van der Waals surface area (Å²) in [5.74, 6) is 0.499. The summed E-state index contributed by atoms with van der Waals surface area (Å²) >= 11 is 0. The Morgan fingerprint density at radius 1 is 1.20 bits per heavy atom. The molecule has 0 heterocycles. The summed E-state index contributed by atoms with van der Waals surface area (Å²) in [5, 5.41) is 10.0. The Balaban J connectivity index is 3.10. The van der Waals surface area contributed by atoms with Crippen molar-refractivity contribution in [2.75, 3.05) is 14.1 Å². The molecule has 1 atom stereocenters. The van der Waals surface area contributed by atoms with Crippen LogP contribution in [0.25, 0.3) is 0 Å². The van der Waals surface area contributed by atoms with Crippen molar-refractivity contribution in [3.8, 4) is 0 Å². The molecule has 0 fully saturated rings. The van der Waals surface area contributed by atoms with Gasteiger partial charge in [-0.3, -0.25) is 4.90 Å². The maximum atomic E-state index is 10.0. The largest absolute Gasteiger partial charge is 0.374 e. The molecule has 15 heavy (non-hydrogen) atoms. The van der Waals surface area contributed by atoms with Crippen LogP contribution in [0.3, 0.4) is 0 Å². The summed E-state index contributed by atoms with van der Waals surface area (Å²) in [5.41, 5.74) is 3.42. The zero-order chi connectivity index (χ0) is 11.6. The molecule has 0 aliphatic heterocycles. The average Bonchev–Trinajstić information content (AvgIpc) is 2.16. The first-order valence-electron chi connectivity index (χ1n) is 5.38. The molecule has 0 bridgehead atoms. The number of nitrogens with zero attached hydrogens (tertiary/aromatic N) is 1. The molecular formula is C13H21NO.